The molecule has 0 saturated carbocycles. The first kappa shape index (κ1) is 17.3. The van der Waals surface area contributed by atoms with Crippen molar-refractivity contribution < 1.29 is 9.53 Å². The fraction of sp³-hybridized carbons (Fsp3) is 0.174. The summed E-state index contributed by atoms with van der Waals surface area (Å²) in [6.45, 7) is 1.70. The minimum atomic E-state index is -0.0851. The van der Waals surface area contributed by atoms with Crippen LogP contribution in [0.25, 0.3) is 0 Å². The molecule has 1 saturated heterocycles. The molecular weight excluding hydrogens is 336 g/mol. The molecule has 1 fully saturated rings. The predicted octanol–water partition coefficient (Wildman–Crippen LogP) is 4.64. The van der Waals surface area contributed by atoms with E-state index in [0.29, 0.717) is 25.3 Å². The summed E-state index contributed by atoms with van der Waals surface area (Å²) in [6, 6.07) is 27.6. The predicted molar refractivity (Wildman–Crippen MR) is 107 cm³/mol. The molecule has 3 aromatic carbocycles. The van der Waals surface area contributed by atoms with Gasteiger partial charge < -0.3 is 15.0 Å². The molecule has 0 spiro atoms. The molecule has 0 bridgehead atoms. The Hall–Kier alpha value is -3.11. The van der Waals surface area contributed by atoms with Crippen molar-refractivity contribution in [3.63, 3.8) is 0 Å². The van der Waals surface area contributed by atoms with Crippen molar-refractivity contribution in [3.05, 3.63) is 96.1 Å². The molecule has 4 rings (SSSR count). The van der Waals surface area contributed by atoms with Gasteiger partial charge in [-0.1, -0.05) is 60.7 Å². The maximum atomic E-state index is 13.2. The smallest absolute Gasteiger partial charge is 0.256 e. The highest BCUT2D eigenvalue weighted by molar-refractivity contribution is 6.00. The number of morpholine rings is 1. The molecule has 1 heterocycles. The van der Waals surface area contributed by atoms with Gasteiger partial charge in [-0.25, -0.2) is 0 Å². The summed E-state index contributed by atoms with van der Waals surface area (Å²) < 4.78 is 5.90. The van der Waals surface area contributed by atoms with Crippen LogP contribution in [0.5, 0.6) is 0 Å². The molecule has 1 atom stereocenters. The molecule has 1 N–H and O–H groups in total. The van der Waals surface area contributed by atoms with E-state index in [-0.39, 0.29) is 12.0 Å². The van der Waals surface area contributed by atoms with Crippen LogP contribution in [0.1, 0.15) is 22.0 Å². The van der Waals surface area contributed by atoms with Crippen LogP contribution in [0.2, 0.25) is 0 Å². The largest absolute Gasteiger partial charge is 0.370 e. The fourth-order valence-corrected chi connectivity index (χ4v) is 3.33. The van der Waals surface area contributed by atoms with Gasteiger partial charge in [0.15, 0.2) is 0 Å². The highest BCUT2D eigenvalue weighted by Gasteiger charge is 2.27. The normalized spacial score (nSPS) is 16.7. The molecule has 4 nitrogen and oxygen atoms in total. The van der Waals surface area contributed by atoms with Gasteiger partial charge in [-0.2, -0.15) is 0 Å². The molecule has 0 aromatic heterocycles. The van der Waals surface area contributed by atoms with E-state index in [1.54, 1.807) is 0 Å². The molecular formula is C23H22N2O2. The Balaban J connectivity index is 1.54. The zero-order valence-electron chi connectivity index (χ0n) is 15.0. The fourth-order valence-electron chi connectivity index (χ4n) is 3.33. The van der Waals surface area contributed by atoms with E-state index in [0.717, 1.165) is 16.9 Å². The average molecular weight is 358 g/mol. The third-order valence-electron chi connectivity index (χ3n) is 4.74. The standard InChI is InChI=1S/C23H22N2O2/c26-23(25-15-16-27-22(17-25)18-9-3-1-4-10-18)20-13-7-8-14-21(20)24-19-11-5-2-6-12-19/h1-14,22,24H,15-17H2. The first-order valence-electron chi connectivity index (χ1n) is 9.18. The summed E-state index contributed by atoms with van der Waals surface area (Å²) in [5, 5.41) is 3.36. The number of anilines is 2. The van der Waals surface area contributed by atoms with Crippen LogP contribution in [0.4, 0.5) is 11.4 Å². The van der Waals surface area contributed by atoms with Gasteiger partial charge in [0, 0.05) is 12.2 Å². The summed E-state index contributed by atoms with van der Waals surface area (Å²) in [7, 11) is 0. The van der Waals surface area contributed by atoms with Gasteiger partial charge in [0.2, 0.25) is 0 Å². The molecule has 1 aliphatic heterocycles. The molecule has 136 valence electrons. The molecule has 0 aliphatic carbocycles. The van der Waals surface area contributed by atoms with E-state index >= 15 is 0 Å². The van der Waals surface area contributed by atoms with Crippen molar-refractivity contribution >= 4 is 17.3 Å². The van der Waals surface area contributed by atoms with E-state index in [2.05, 4.69) is 5.32 Å². The van der Waals surface area contributed by atoms with E-state index in [1.807, 2.05) is 89.8 Å². The minimum Gasteiger partial charge on any atom is -0.370 e. The average Bonchev–Trinajstić information content (AvgIpc) is 2.75. The van der Waals surface area contributed by atoms with Crippen molar-refractivity contribution in [1.82, 2.24) is 4.90 Å². The Labute approximate surface area is 159 Å². The third kappa shape index (κ3) is 4.01. The zero-order valence-corrected chi connectivity index (χ0v) is 15.0. The number of carbonyl (C=O) groups excluding carboxylic acids is 1. The number of amides is 1. The second kappa shape index (κ2) is 8.06. The maximum absolute atomic E-state index is 13.2. The molecule has 1 amide bonds. The van der Waals surface area contributed by atoms with E-state index in [4.69, 9.17) is 4.74 Å². The first-order chi connectivity index (χ1) is 13.3. The summed E-state index contributed by atoms with van der Waals surface area (Å²) in [6.07, 6.45) is -0.0851. The number of nitrogens with one attached hydrogen (secondary N) is 1. The Bertz CT molecular complexity index is 897. The van der Waals surface area contributed by atoms with Gasteiger partial charge >= 0.3 is 0 Å². The third-order valence-corrected chi connectivity index (χ3v) is 4.74. The number of benzene rings is 3. The highest BCUT2D eigenvalue weighted by Crippen LogP contribution is 2.26. The van der Waals surface area contributed by atoms with E-state index in [1.165, 1.54) is 0 Å². The quantitative estimate of drug-likeness (QED) is 0.738. The van der Waals surface area contributed by atoms with E-state index in [9.17, 15) is 4.79 Å². The topological polar surface area (TPSA) is 41.6 Å². The number of para-hydroxylation sites is 2. The van der Waals surface area contributed by atoms with Gasteiger partial charge in [-0.05, 0) is 29.8 Å². The van der Waals surface area contributed by atoms with Crippen molar-refractivity contribution in [2.24, 2.45) is 0 Å². The van der Waals surface area contributed by atoms with Gasteiger partial charge in [0.25, 0.3) is 5.91 Å². The number of ether oxygens (including phenoxy) is 1. The number of hydrogen-bond acceptors (Lipinski definition) is 3. The van der Waals surface area contributed by atoms with Gasteiger partial charge in [-0.15, -0.1) is 0 Å². The van der Waals surface area contributed by atoms with Crippen LogP contribution in [-0.2, 0) is 4.74 Å². The van der Waals surface area contributed by atoms with Gasteiger partial charge in [0.05, 0.1) is 24.4 Å². The molecule has 27 heavy (non-hydrogen) atoms. The van der Waals surface area contributed by atoms with Crippen molar-refractivity contribution in [2.45, 2.75) is 6.10 Å². The van der Waals surface area contributed by atoms with Crippen molar-refractivity contribution in [1.29, 1.82) is 0 Å². The van der Waals surface area contributed by atoms with Crippen LogP contribution < -0.4 is 5.32 Å². The Morgan fingerprint density at radius 3 is 2.33 bits per heavy atom. The first-order valence-corrected chi connectivity index (χ1v) is 9.18. The maximum Gasteiger partial charge on any atom is 0.256 e. The SMILES string of the molecule is O=C(c1ccccc1Nc1ccccc1)N1CCOC(c2ccccc2)C1. The summed E-state index contributed by atoms with van der Waals surface area (Å²) in [4.78, 5) is 15.1. The second-order valence-corrected chi connectivity index (χ2v) is 6.56. The lowest BCUT2D eigenvalue weighted by atomic mass is 10.1. The number of rotatable bonds is 4. The van der Waals surface area contributed by atoms with Crippen molar-refractivity contribution in [2.75, 3.05) is 25.0 Å². The molecule has 0 radical (unpaired) electrons. The zero-order chi connectivity index (χ0) is 18.5. The van der Waals surface area contributed by atoms with Gasteiger partial charge in [-0.3, -0.25) is 4.79 Å². The highest BCUT2D eigenvalue weighted by atomic mass is 16.5. The van der Waals surface area contributed by atoms with Crippen LogP contribution in [0.15, 0.2) is 84.9 Å². The van der Waals surface area contributed by atoms with Crippen LogP contribution in [0, 0.1) is 0 Å². The molecule has 3 aromatic rings. The second-order valence-electron chi connectivity index (χ2n) is 6.56. The molecule has 1 aliphatic rings. The lowest BCUT2D eigenvalue weighted by Crippen LogP contribution is -2.42. The Morgan fingerprint density at radius 1 is 0.889 bits per heavy atom. The number of hydrogen-bond donors (Lipinski definition) is 1. The minimum absolute atomic E-state index is 0.0262. The number of nitrogens with zero attached hydrogens (tertiary/aromatic N) is 1. The molecule has 4 heteroatoms. The lowest BCUT2D eigenvalue weighted by molar-refractivity contribution is -0.0227. The van der Waals surface area contributed by atoms with Gasteiger partial charge in [0.1, 0.15) is 6.10 Å². The summed E-state index contributed by atoms with van der Waals surface area (Å²) in [5.41, 5.74) is 3.55. The number of carbonyl (C=O) groups is 1. The Morgan fingerprint density at radius 2 is 1.56 bits per heavy atom. The Kier molecular flexibility index (Phi) is 5.17. The van der Waals surface area contributed by atoms with Crippen LogP contribution in [-0.4, -0.2) is 30.5 Å². The summed E-state index contributed by atoms with van der Waals surface area (Å²) >= 11 is 0. The summed E-state index contributed by atoms with van der Waals surface area (Å²) in [5.74, 6) is 0.0262. The van der Waals surface area contributed by atoms with Crippen molar-refractivity contribution in [3.8, 4) is 0 Å². The van der Waals surface area contributed by atoms with Crippen LogP contribution in [0.3, 0.4) is 0 Å². The van der Waals surface area contributed by atoms with Crippen LogP contribution >= 0.6 is 0 Å². The lowest BCUT2D eigenvalue weighted by Gasteiger charge is -2.33. The van der Waals surface area contributed by atoms with E-state index < -0.39 is 0 Å². The molecule has 1 unspecified atom stereocenters. The monoisotopic (exact) mass is 358 g/mol.